The first-order valence-electron chi connectivity index (χ1n) is 8.10. The summed E-state index contributed by atoms with van der Waals surface area (Å²) in [6, 6.07) is 14.2. The third-order valence-electron chi connectivity index (χ3n) is 4.30. The zero-order valence-corrected chi connectivity index (χ0v) is 13.4. The van der Waals surface area contributed by atoms with Gasteiger partial charge in [-0.1, -0.05) is 24.3 Å². The molecule has 0 saturated heterocycles. The number of H-pyrrole nitrogens is 1. The summed E-state index contributed by atoms with van der Waals surface area (Å²) in [5.41, 5.74) is 2.23. The van der Waals surface area contributed by atoms with Crippen LogP contribution < -0.4 is 5.32 Å². The molecule has 0 bridgehead atoms. The van der Waals surface area contributed by atoms with Crippen LogP contribution in [0.3, 0.4) is 0 Å². The van der Waals surface area contributed by atoms with Crippen LogP contribution in [0.2, 0.25) is 0 Å². The maximum atomic E-state index is 13.2. The van der Waals surface area contributed by atoms with Crippen LogP contribution in [0.5, 0.6) is 0 Å². The number of nitrogens with zero attached hydrogens (tertiary/aromatic N) is 1. The Labute approximate surface area is 143 Å². The average molecular weight is 333 g/mol. The van der Waals surface area contributed by atoms with Crippen molar-refractivity contribution in [1.29, 1.82) is 0 Å². The largest absolute Gasteiger partial charge is 0.361 e. The fraction of sp³-hybridized carbons (Fsp3) is 0.100. The molecule has 5 heteroatoms. The third kappa shape index (κ3) is 2.96. The Balaban J connectivity index is 1.48. The zero-order chi connectivity index (χ0) is 17.2. The molecule has 124 valence electrons. The van der Waals surface area contributed by atoms with Crippen molar-refractivity contribution in [2.24, 2.45) is 0 Å². The third-order valence-corrected chi connectivity index (χ3v) is 4.30. The number of halogens is 1. The first kappa shape index (κ1) is 15.3. The van der Waals surface area contributed by atoms with Crippen LogP contribution in [-0.2, 0) is 6.42 Å². The van der Waals surface area contributed by atoms with Crippen LogP contribution in [0.4, 0.5) is 4.39 Å². The van der Waals surface area contributed by atoms with E-state index in [-0.39, 0.29) is 11.7 Å². The molecule has 0 fully saturated rings. The van der Waals surface area contributed by atoms with E-state index in [0.717, 1.165) is 27.2 Å². The van der Waals surface area contributed by atoms with E-state index in [2.05, 4.69) is 15.3 Å². The Kier molecular flexibility index (Phi) is 3.90. The van der Waals surface area contributed by atoms with Gasteiger partial charge in [0.2, 0.25) is 0 Å². The number of benzene rings is 2. The molecule has 0 aliphatic heterocycles. The lowest BCUT2D eigenvalue weighted by Gasteiger charge is -2.07. The summed E-state index contributed by atoms with van der Waals surface area (Å²) in [7, 11) is 0. The molecule has 4 nitrogen and oxygen atoms in total. The SMILES string of the molecule is O=C(NCCc1c[nH]c2cc(F)ccc12)c1nccc2ccccc12. The molecule has 0 aliphatic carbocycles. The van der Waals surface area contributed by atoms with E-state index in [1.165, 1.54) is 12.1 Å². The maximum absolute atomic E-state index is 13.2. The quantitative estimate of drug-likeness (QED) is 0.596. The number of hydrogen-bond acceptors (Lipinski definition) is 2. The van der Waals surface area contributed by atoms with Crippen LogP contribution in [0, 0.1) is 5.82 Å². The second-order valence-corrected chi connectivity index (χ2v) is 5.89. The first-order chi connectivity index (χ1) is 12.2. The number of pyridine rings is 1. The minimum Gasteiger partial charge on any atom is -0.361 e. The number of nitrogens with one attached hydrogen (secondary N) is 2. The van der Waals surface area contributed by atoms with E-state index in [1.807, 2.05) is 36.5 Å². The molecule has 2 N–H and O–H groups in total. The van der Waals surface area contributed by atoms with Gasteiger partial charge in [0.25, 0.3) is 5.91 Å². The van der Waals surface area contributed by atoms with E-state index in [0.29, 0.717) is 18.7 Å². The molecule has 0 radical (unpaired) electrons. The van der Waals surface area contributed by atoms with E-state index < -0.39 is 0 Å². The van der Waals surface area contributed by atoms with E-state index in [1.54, 1.807) is 12.3 Å². The van der Waals surface area contributed by atoms with E-state index in [4.69, 9.17) is 0 Å². The second kappa shape index (κ2) is 6.36. The molecule has 2 aromatic carbocycles. The van der Waals surface area contributed by atoms with Gasteiger partial charge in [-0.3, -0.25) is 9.78 Å². The average Bonchev–Trinajstić information content (AvgIpc) is 3.03. The molecule has 0 saturated carbocycles. The van der Waals surface area contributed by atoms with Crippen molar-refractivity contribution in [2.45, 2.75) is 6.42 Å². The number of carbonyl (C=O) groups excluding carboxylic acids is 1. The van der Waals surface area contributed by atoms with Crippen molar-refractivity contribution in [2.75, 3.05) is 6.54 Å². The lowest BCUT2D eigenvalue weighted by atomic mass is 10.1. The predicted molar refractivity (Wildman–Crippen MR) is 96.0 cm³/mol. The normalized spacial score (nSPS) is 11.1. The van der Waals surface area contributed by atoms with Gasteiger partial charge >= 0.3 is 0 Å². The monoisotopic (exact) mass is 333 g/mol. The lowest BCUT2D eigenvalue weighted by Crippen LogP contribution is -2.26. The molecule has 4 aromatic rings. The summed E-state index contributed by atoms with van der Waals surface area (Å²) >= 11 is 0. The van der Waals surface area contributed by atoms with Gasteiger partial charge in [-0.15, -0.1) is 0 Å². The van der Waals surface area contributed by atoms with Crippen LogP contribution in [0.1, 0.15) is 16.1 Å². The fourth-order valence-corrected chi connectivity index (χ4v) is 3.06. The number of carbonyl (C=O) groups is 1. The van der Waals surface area contributed by atoms with Crippen molar-refractivity contribution < 1.29 is 9.18 Å². The van der Waals surface area contributed by atoms with Crippen molar-refractivity contribution in [3.05, 3.63) is 78.0 Å². The summed E-state index contributed by atoms with van der Waals surface area (Å²) in [5, 5.41) is 5.71. The molecule has 25 heavy (non-hydrogen) atoms. The number of rotatable bonds is 4. The topological polar surface area (TPSA) is 57.8 Å². The highest BCUT2D eigenvalue weighted by Gasteiger charge is 2.11. The van der Waals surface area contributed by atoms with Gasteiger partial charge in [0.1, 0.15) is 11.5 Å². The van der Waals surface area contributed by atoms with Crippen LogP contribution in [-0.4, -0.2) is 22.4 Å². The Morgan fingerprint density at radius 3 is 2.92 bits per heavy atom. The minimum atomic E-state index is -0.267. The summed E-state index contributed by atoms with van der Waals surface area (Å²) in [5.74, 6) is -0.459. The number of aromatic amines is 1. The van der Waals surface area contributed by atoms with Crippen molar-refractivity contribution in [3.63, 3.8) is 0 Å². The lowest BCUT2D eigenvalue weighted by molar-refractivity contribution is 0.0951. The second-order valence-electron chi connectivity index (χ2n) is 5.89. The molecule has 0 spiro atoms. The molecule has 2 heterocycles. The molecule has 0 aliphatic rings. The molecular formula is C20H16FN3O. The van der Waals surface area contributed by atoms with Gasteiger partial charge in [-0.25, -0.2) is 4.39 Å². The Bertz CT molecular complexity index is 1070. The van der Waals surface area contributed by atoms with Gasteiger partial charge in [-0.2, -0.15) is 0 Å². The van der Waals surface area contributed by atoms with Crippen molar-refractivity contribution in [1.82, 2.24) is 15.3 Å². The summed E-state index contributed by atoms with van der Waals surface area (Å²) in [4.78, 5) is 19.7. The van der Waals surface area contributed by atoms with Crippen LogP contribution >= 0.6 is 0 Å². The number of hydrogen-bond donors (Lipinski definition) is 2. The van der Waals surface area contributed by atoms with Gasteiger partial charge in [-0.05, 0) is 41.6 Å². The Hall–Kier alpha value is -3.21. The summed E-state index contributed by atoms with van der Waals surface area (Å²) in [6.07, 6.45) is 4.15. The highest BCUT2D eigenvalue weighted by atomic mass is 19.1. The Morgan fingerprint density at radius 1 is 1.12 bits per heavy atom. The number of aromatic nitrogens is 2. The van der Waals surface area contributed by atoms with Gasteiger partial charge in [0, 0.05) is 35.2 Å². The highest BCUT2D eigenvalue weighted by Crippen LogP contribution is 2.20. The highest BCUT2D eigenvalue weighted by molar-refractivity contribution is 6.05. The molecular weight excluding hydrogens is 317 g/mol. The fourth-order valence-electron chi connectivity index (χ4n) is 3.06. The molecule has 2 aromatic heterocycles. The number of fused-ring (bicyclic) bond motifs is 2. The summed E-state index contributed by atoms with van der Waals surface area (Å²) in [6.45, 7) is 0.480. The standard InChI is InChI=1S/C20H16FN3O/c21-15-5-6-16-14(12-24-18(16)11-15)8-10-23-20(25)19-17-4-2-1-3-13(17)7-9-22-19/h1-7,9,11-12,24H,8,10H2,(H,23,25). The van der Waals surface area contributed by atoms with Crippen molar-refractivity contribution in [3.8, 4) is 0 Å². The van der Waals surface area contributed by atoms with Crippen LogP contribution in [0.25, 0.3) is 21.7 Å². The van der Waals surface area contributed by atoms with Gasteiger partial charge < -0.3 is 10.3 Å². The van der Waals surface area contributed by atoms with Gasteiger partial charge in [0.05, 0.1) is 0 Å². The zero-order valence-electron chi connectivity index (χ0n) is 13.4. The minimum absolute atomic E-state index is 0.192. The molecule has 0 unspecified atom stereocenters. The molecule has 4 rings (SSSR count). The van der Waals surface area contributed by atoms with Gasteiger partial charge in [0.15, 0.2) is 0 Å². The number of amides is 1. The predicted octanol–water partition coefficient (Wildman–Crippen LogP) is 3.83. The molecule has 1 amide bonds. The van der Waals surface area contributed by atoms with E-state index >= 15 is 0 Å². The van der Waals surface area contributed by atoms with E-state index in [9.17, 15) is 9.18 Å². The smallest absolute Gasteiger partial charge is 0.270 e. The summed E-state index contributed by atoms with van der Waals surface area (Å²) < 4.78 is 13.2. The maximum Gasteiger partial charge on any atom is 0.270 e. The first-order valence-corrected chi connectivity index (χ1v) is 8.10. The van der Waals surface area contributed by atoms with Crippen LogP contribution in [0.15, 0.2) is 60.9 Å². The molecule has 0 atom stereocenters. The Morgan fingerprint density at radius 2 is 2.00 bits per heavy atom. The van der Waals surface area contributed by atoms with Crippen molar-refractivity contribution >= 4 is 27.6 Å².